The van der Waals surface area contributed by atoms with E-state index in [0.29, 0.717) is 26.7 Å². The van der Waals surface area contributed by atoms with Crippen molar-refractivity contribution in [3.8, 4) is 0 Å². The van der Waals surface area contributed by atoms with Gasteiger partial charge in [0.05, 0.1) is 11.4 Å². The zero-order valence-corrected chi connectivity index (χ0v) is 15.2. The summed E-state index contributed by atoms with van der Waals surface area (Å²) in [6.45, 7) is 2.87. The van der Waals surface area contributed by atoms with Gasteiger partial charge in [-0.15, -0.1) is 10.2 Å². The van der Waals surface area contributed by atoms with Gasteiger partial charge in [-0.2, -0.15) is 8.78 Å². The molecule has 0 aliphatic rings. The Morgan fingerprint density at radius 3 is 2.88 bits per heavy atom. The number of nitrogens with one attached hydrogen (secondary N) is 2. The number of thioether (sulfide) groups is 2. The second kappa shape index (κ2) is 9.80. The topological polar surface area (TPSA) is 66.9 Å². The van der Waals surface area contributed by atoms with Crippen LogP contribution >= 0.6 is 34.9 Å². The van der Waals surface area contributed by atoms with E-state index in [4.69, 9.17) is 0 Å². The van der Waals surface area contributed by atoms with Crippen LogP contribution < -0.4 is 10.6 Å². The lowest BCUT2D eigenvalue weighted by Crippen LogP contribution is -2.14. The highest BCUT2D eigenvalue weighted by Crippen LogP contribution is 2.32. The van der Waals surface area contributed by atoms with Crippen molar-refractivity contribution in [2.24, 2.45) is 0 Å². The average Bonchev–Trinajstić information content (AvgIpc) is 3.00. The number of amides is 1. The van der Waals surface area contributed by atoms with E-state index in [1.165, 1.54) is 23.1 Å². The van der Waals surface area contributed by atoms with Gasteiger partial charge in [0, 0.05) is 11.4 Å². The second-order valence-corrected chi connectivity index (χ2v) is 7.74. The molecule has 0 fully saturated rings. The van der Waals surface area contributed by atoms with Crippen LogP contribution in [0.15, 0.2) is 33.5 Å². The minimum atomic E-state index is -2.53. The molecule has 1 aromatic heterocycles. The van der Waals surface area contributed by atoms with Crippen LogP contribution in [0.3, 0.4) is 0 Å². The molecule has 10 heteroatoms. The van der Waals surface area contributed by atoms with Crippen LogP contribution in [0.25, 0.3) is 0 Å². The van der Waals surface area contributed by atoms with E-state index in [-0.39, 0.29) is 11.7 Å². The maximum atomic E-state index is 12.5. The molecule has 0 aliphatic heterocycles. The molecule has 24 heavy (non-hydrogen) atoms. The Bertz CT molecular complexity index is 669. The molecule has 0 bridgehead atoms. The molecule has 130 valence electrons. The Kier molecular flexibility index (Phi) is 7.73. The number of rotatable bonds is 9. The number of benzene rings is 1. The van der Waals surface area contributed by atoms with Crippen molar-refractivity contribution < 1.29 is 13.6 Å². The monoisotopic (exact) mass is 390 g/mol. The molecule has 2 N–H and O–H groups in total. The molecule has 5 nitrogen and oxygen atoms in total. The van der Waals surface area contributed by atoms with E-state index in [0.717, 1.165) is 18.1 Å². The van der Waals surface area contributed by atoms with Crippen LogP contribution in [0, 0.1) is 0 Å². The lowest BCUT2D eigenvalue weighted by Gasteiger charge is -2.09. The van der Waals surface area contributed by atoms with Crippen LogP contribution in [0.2, 0.25) is 0 Å². The maximum Gasteiger partial charge on any atom is 0.288 e. The molecule has 1 heterocycles. The number of halogens is 2. The third kappa shape index (κ3) is 6.25. The van der Waals surface area contributed by atoms with Gasteiger partial charge in [0.1, 0.15) is 0 Å². The van der Waals surface area contributed by atoms with Crippen LogP contribution in [0.5, 0.6) is 0 Å². The standard InChI is InChI=1S/C14H16F2N4OS3/c1-2-7-17-13-19-20-14(24-13)22-8-11(21)18-9-5-3-4-6-10(9)23-12(15)16/h3-6,12H,2,7-8H2,1H3,(H,17,19)(H,18,21). The summed E-state index contributed by atoms with van der Waals surface area (Å²) >= 11 is 3.05. The lowest BCUT2D eigenvalue weighted by molar-refractivity contribution is -0.113. The van der Waals surface area contributed by atoms with Crippen molar-refractivity contribution in [2.75, 3.05) is 22.9 Å². The van der Waals surface area contributed by atoms with Crippen LogP contribution in [0.1, 0.15) is 13.3 Å². The molecule has 0 saturated heterocycles. The summed E-state index contributed by atoms with van der Waals surface area (Å²) in [5.41, 5.74) is 0.385. The first-order chi connectivity index (χ1) is 11.6. The van der Waals surface area contributed by atoms with E-state index < -0.39 is 5.76 Å². The highest BCUT2D eigenvalue weighted by Gasteiger charge is 2.13. The molecule has 0 spiro atoms. The first-order valence-electron chi connectivity index (χ1n) is 7.12. The Balaban J connectivity index is 1.86. The van der Waals surface area contributed by atoms with E-state index in [1.54, 1.807) is 24.3 Å². The van der Waals surface area contributed by atoms with Gasteiger partial charge in [-0.3, -0.25) is 4.79 Å². The molecule has 1 amide bonds. The van der Waals surface area contributed by atoms with Crippen LogP contribution in [0.4, 0.5) is 19.6 Å². The quantitative estimate of drug-likeness (QED) is 0.619. The number of hydrogen-bond donors (Lipinski definition) is 2. The van der Waals surface area contributed by atoms with Gasteiger partial charge in [-0.05, 0) is 18.6 Å². The third-order valence-corrected chi connectivity index (χ3v) is 5.44. The first-order valence-corrected chi connectivity index (χ1v) is 9.80. The maximum absolute atomic E-state index is 12.5. The van der Waals surface area contributed by atoms with Crippen molar-refractivity contribution in [2.45, 2.75) is 28.3 Å². The van der Waals surface area contributed by atoms with Gasteiger partial charge in [0.15, 0.2) is 4.34 Å². The zero-order valence-electron chi connectivity index (χ0n) is 12.8. The first kappa shape index (κ1) is 18.9. The van der Waals surface area contributed by atoms with Gasteiger partial charge < -0.3 is 10.6 Å². The van der Waals surface area contributed by atoms with E-state index in [1.807, 2.05) is 0 Å². The van der Waals surface area contributed by atoms with Gasteiger partial charge in [-0.25, -0.2) is 0 Å². The van der Waals surface area contributed by atoms with Gasteiger partial charge in [-0.1, -0.05) is 53.9 Å². The fraction of sp³-hybridized carbons (Fsp3) is 0.357. The Morgan fingerprint density at radius 1 is 1.33 bits per heavy atom. The third-order valence-electron chi connectivity index (χ3n) is 2.64. The predicted octanol–water partition coefficient (Wildman–Crippen LogP) is 4.41. The van der Waals surface area contributed by atoms with Gasteiger partial charge in [0.2, 0.25) is 11.0 Å². The molecular formula is C14H16F2N4OS3. The molecule has 0 atom stereocenters. The molecule has 0 radical (unpaired) electrons. The smallest absolute Gasteiger partial charge is 0.288 e. The zero-order chi connectivity index (χ0) is 17.4. The summed E-state index contributed by atoms with van der Waals surface area (Å²) in [4.78, 5) is 12.4. The number of nitrogens with zero attached hydrogens (tertiary/aromatic N) is 2. The number of aromatic nitrogens is 2. The van der Waals surface area contributed by atoms with Crippen LogP contribution in [-0.2, 0) is 4.79 Å². The number of carbonyl (C=O) groups is 1. The summed E-state index contributed by atoms with van der Waals surface area (Å²) in [6.07, 6.45) is 0.987. The average molecular weight is 391 g/mol. The number of anilines is 2. The van der Waals surface area contributed by atoms with Crippen LogP contribution in [-0.4, -0.2) is 34.2 Å². The minimum Gasteiger partial charge on any atom is -0.360 e. The molecule has 1 aromatic carbocycles. The van der Waals surface area contributed by atoms with Crippen molar-refractivity contribution in [3.05, 3.63) is 24.3 Å². The minimum absolute atomic E-state index is 0.135. The summed E-state index contributed by atoms with van der Waals surface area (Å²) in [5.74, 6) is -2.68. The van der Waals surface area contributed by atoms with Crippen molar-refractivity contribution in [1.82, 2.24) is 10.2 Å². The molecule has 2 aromatic rings. The molecule has 2 rings (SSSR count). The van der Waals surface area contributed by atoms with E-state index >= 15 is 0 Å². The lowest BCUT2D eigenvalue weighted by atomic mass is 10.3. The van der Waals surface area contributed by atoms with E-state index in [9.17, 15) is 13.6 Å². The Morgan fingerprint density at radius 2 is 2.12 bits per heavy atom. The predicted molar refractivity (Wildman–Crippen MR) is 96.3 cm³/mol. The summed E-state index contributed by atoms with van der Waals surface area (Å²) in [5, 5.41) is 14.5. The molecule has 0 unspecified atom stereocenters. The fourth-order valence-corrected chi connectivity index (χ4v) is 3.83. The van der Waals surface area contributed by atoms with Gasteiger partial charge >= 0.3 is 0 Å². The SMILES string of the molecule is CCCNc1nnc(SCC(=O)Nc2ccccc2SC(F)F)s1. The normalized spacial score (nSPS) is 10.8. The summed E-state index contributed by atoms with van der Waals surface area (Å²) in [7, 11) is 0. The number of carbonyl (C=O) groups excluding carboxylic acids is 1. The fourth-order valence-electron chi connectivity index (χ4n) is 1.65. The second-order valence-electron chi connectivity index (χ2n) is 4.51. The van der Waals surface area contributed by atoms with E-state index in [2.05, 4.69) is 27.8 Å². The van der Waals surface area contributed by atoms with Crippen molar-refractivity contribution >= 4 is 51.6 Å². The Hall–Kier alpha value is -1.39. The van der Waals surface area contributed by atoms with Crippen molar-refractivity contribution in [1.29, 1.82) is 0 Å². The number of alkyl halides is 2. The molecule has 0 saturated carbocycles. The Labute approximate surface area is 151 Å². The molecular weight excluding hydrogens is 374 g/mol. The van der Waals surface area contributed by atoms with Gasteiger partial charge in [0.25, 0.3) is 5.76 Å². The molecule has 0 aliphatic carbocycles. The highest BCUT2D eigenvalue weighted by molar-refractivity contribution is 8.01. The largest absolute Gasteiger partial charge is 0.360 e. The number of para-hydroxylation sites is 1. The highest BCUT2D eigenvalue weighted by atomic mass is 32.2. The summed E-state index contributed by atoms with van der Waals surface area (Å²) < 4.78 is 25.7. The van der Waals surface area contributed by atoms with Crippen molar-refractivity contribution in [3.63, 3.8) is 0 Å². The number of hydrogen-bond acceptors (Lipinski definition) is 7. The summed E-state index contributed by atoms with van der Waals surface area (Å²) in [6, 6.07) is 6.50.